The zero-order valence-corrected chi connectivity index (χ0v) is 15.2. The molecule has 4 rings (SSSR count). The number of nitrogens with zero attached hydrogens (tertiary/aromatic N) is 1. The molecular formula is C21H20N2O4. The van der Waals surface area contributed by atoms with Crippen molar-refractivity contribution in [3.8, 4) is 5.75 Å². The third kappa shape index (κ3) is 3.03. The van der Waals surface area contributed by atoms with E-state index in [1.165, 1.54) is 4.90 Å². The number of rotatable bonds is 5. The topological polar surface area (TPSA) is 71.8 Å². The number of fused-ring (bicyclic) bond motifs is 1. The Bertz CT molecular complexity index is 975. The molecular weight excluding hydrogens is 344 g/mol. The number of para-hydroxylation sites is 1. The van der Waals surface area contributed by atoms with E-state index < -0.39 is 11.6 Å². The standard InChI is InChI=1S/C21H20N2O4/c1-14-7-9-16(10-8-14)26-12-11-23-19(24)21(2,22-20(23)25)18-13-15-5-3-4-6-17(15)27-18/h3-10,13H,11-12H2,1-2H3,(H,22,25)/t21-/m0/s1. The number of urea groups is 1. The molecule has 6 heteroatoms. The Hall–Kier alpha value is -3.28. The molecule has 0 radical (unpaired) electrons. The number of furan rings is 1. The average molecular weight is 364 g/mol. The van der Waals surface area contributed by atoms with E-state index in [-0.39, 0.29) is 19.1 Å². The Balaban J connectivity index is 1.48. The van der Waals surface area contributed by atoms with Gasteiger partial charge in [0, 0.05) is 5.39 Å². The Labute approximate surface area is 156 Å². The van der Waals surface area contributed by atoms with E-state index in [1.54, 1.807) is 13.0 Å². The van der Waals surface area contributed by atoms with Crippen molar-refractivity contribution in [1.82, 2.24) is 10.2 Å². The van der Waals surface area contributed by atoms with Crippen molar-refractivity contribution in [3.63, 3.8) is 0 Å². The summed E-state index contributed by atoms with van der Waals surface area (Å²) in [7, 11) is 0. The molecule has 1 aliphatic heterocycles. The molecule has 0 aliphatic carbocycles. The molecule has 0 spiro atoms. The van der Waals surface area contributed by atoms with Gasteiger partial charge in [0.2, 0.25) is 0 Å². The predicted molar refractivity (Wildman–Crippen MR) is 100 cm³/mol. The van der Waals surface area contributed by atoms with Crippen molar-refractivity contribution in [2.24, 2.45) is 0 Å². The third-order valence-corrected chi connectivity index (χ3v) is 4.80. The number of ether oxygens (including phenoxy) is 1. The van der Waals surface area contributed by atoms with Gasteiger partial charge in [0.15, 0.2) is 5.54 Å². The fourth-order valence-corrected chi connectivity index (χ4v) is 3.18. The number of hydrogen-bond acceptors (Lipinski definition) is 4. The van der Waals surface area contributed by atoms with Crippen LogP contribution >= 0.6 is 0 Å². The van der Waals surface area contributed by atoms with Gasteiger partial charge in [-0.3, -0.25) is 9.69 Å². The molecule has 3 amide bonds. The summed E-state index contributed by atoms with van der Waals surface area (Å²) in [5.74, 6) is 0.774. The van der Waals surface area contributed by atoms with Gasteiger partial charge >= 0.3 is 6.03 Å². The first-order valence-corrected chi connectivity index (χ1v) is 8.80. The highest BCUT2D eigenvalue weighted by Gasteiger charge is 2.51. The van der Waals surface area contributed by atoms with Crippen molar-refractivity contribution in [1.29, 1.82) is 0 Å². The fourth-order valence-electron chi connectivity index (χ4n) is 3.18. The summed E-state index contributed by atoms with van der Waals surface area (Å²) >= 11 is 0. The van der Waals surface area contributed by atoms with Crippen molar-refractivity contribution in [2.45, 2.75) is 19.4 Å². The second-order valence-corrected chi connectivity index (χ2v) is 6.82. The first-order chi connectivity index (χ1) is 13.0. The number of imide groups is 1. The largest absolute Gasteiger partial charge is 0.492 e. The van der Waals surface area contributed by atoms with Crippen LogP contribution in [-0.4, -0.2) is 30.0 Å². The predicted octanol–water partition coefficient (Wildman–Crippen LogP) is 3.59. The van der Waals surface area contributed by atoms with Crippen LogP contribution in [0, 0.1) is 6.92 Å². The first kappa shape index (κ1) is 17.1. The summed E-state index contributed by atoms with van der Waals surface area (Å²) in [6.45, 7) is 4.04. The molecule has 2 heterocycles. The van der Waals surface area contributed by atoms with Crippen LogP contribution in [0.1, 0.15) is 18.2 Å². The minimum absolute atomic E-state index is 0.161. The first-order valence-electron chi connectivity index (χ1n) is 8.80. The van der Waals surface area contributed by atoms with Crippen LogP contribution in [0.2, 0.25) is 0 Å². The number of carbonyl (C=O) groups excluding carboxylic acids is 2. The maximum atomic E-state index is 12.9. The highest BCUT2D eigenvalue weighted by Crippen LogP contribution is 2.32. The van der Waals surface area contributed by atoms with Gasteiger partial charge in [0.1, 0.15) is 23.7 Å². The molecule has 1 fully saturated rings. The quantitative estimate of drug-likeness (QED) is 0.703. The number of aryl methyl sites for hydroxylation is 1. The zero-order chi connectivity index (χ0) is 19.0. The molecule has 0 saturated carbocycles. The molecule has 1 atom stereocenters. The SMILES string of the molecule is Cc1ccc(OCCN2C(=O)N[C@@](C)(c3cc4ccccc4o3)C2=O)cc1. The van der Waals surface area contributed by atoms with Gasteiger partial charge in [0.25, 0.3) is 5.91 Å². The minimum atomic E-state index is -1.22. The number of hydrogen-bond donors (Lipinski definition) is 1. The molecule has 3 aromatic rings. The lowest BCUT2D eigenvalue weighted by atomic mass is 9.99. The number of amides is 3. The number of carbonyl (C=O) groups is 2. The second-order valence-electron chi connectivity index (χ2n) is 6.82. The monoisotopic (exact) mass is 364 g/mol. The Morgan fingerprint density at radius 1 is 1.11 bits per heavy atom. The Morgan fingerprint density at radius 3 is 2.59 bits per heavy atom. The van der Waals surface area contributed by atoms with Crippen LogP contribution in [0.5, 0.6) is 5.75 Å². The van der Waals surface area contributed by atoms with Crippen LogP contribution in [0.3, 0.4) is 0 Å². The van der Waals surface area contributed by atoms with Gasteiger partial charge in [-0.25, -0.2) is 4.79 Å². The van der Waals surface area contributed by atoms with Crippen molar-refractivity contribution >= 4 is 22.9 Å². The molecule has 1 aliphatic rings. The van der Waals surface area contributed by atoms with E-state index >= 15 is 0 Å². The smallest absolute Gasteiger partial charge is 0.325 e. The van der Waals surface area contributed by atoms with E-state index in [9.17, 15) is 9.59 Å². The van der Waals surface area contributed by atoms with Gasteiger partial charge in [-0.1, -0.05) is 35.9 Å². The minimum Gasteiger partial charge on any atom is -0.492 e. The lowest BCUT2D eigenvalue weighted by Crippen LogP contribution is -2.41. The van der Waals surface area contributed by atoms with Crippen molar-refractivity contribution in [3.05, 3.63) is 65.9 Å². The third-order valence-electron chi connectivity index (χ3n) is 4.80. The molecule has 138 valence electrons. The van der Waals surface area contributed by atoms with Gasteiger partial charge in [0.05, 0.1) is 6.54 Å². The molecule has 0 bridgehead atoms. The lowest BCUT2D eigenvalue weighted by molar-refractivity contribution is -0.131. The van der Waals surface area contributed by atoms with Crippen LogP contribution < -0.4 is 10.1 Å². The lowest BCUT2D eigenvalue weighted by Gasteiger charge is -2.19. The maximum absolute atomic E-state index is 12.9. The average Bonchev–Trinajstić information content (AvgIpc) is 3.19. The van der Waals surface area contributed by atoms with E-state index in [0.717, 1.165) is 10.9 Å². The summed E-state index contributed by atoms with van der Waals surface area (Å²) in [5.41, 5.74) is 0.593. The normalized spacial score (nSPS) is 19.6. The Kier molecular flexibility index (Phi) is 4.11. The highest BCUT2D eigenvalue weighted by molar-refractivity contribution is 6.07. The van der Waals surface area contributed by atoms with Crippen LogP contribution in [0.25, 0.3) is 11.0 Å². The molecule has 1 saturated heterocycles. The van der Waals surface area contributed by atoms with Crippen LogP contribution in [0.4, 0.5) is 4.79 Å². The fraction of sp³-hybridized carbons (Fsp3) is 0.238. The summed E-state index contributed by atoms with van der Waals surface area (Å²) in [4.78, 5) is 26.5. The second kappa shape index (κ2) is 6.46. The van der Waals surface area contributed by atoms with Crippen LogP contribution in [-0.2, 0) is 10.3 Å². The molecule has 0 unspecified atom stereocenters. The molecule has 6 nitrogen and oxygen atoms in total. The van der Waals surface area contributed by atoms with Gasteiger partial charge in [-0.15, -0.1) is 0 Å². The summed E-state index contributed by atoms with van der Waals surface area (Å²) in [5, 5.41) is 3.64. The van der Waals surface area contributed by atoms with E-state index in [4.69, 9.17) is 9.15 Å². The van der Waals surface area contributed by atoms with E-state index in [2.05, 4.69) is 5.32 Å². The van der Waals surface area contributed by atoms with Crippen molar-refractivity contribution in [2.75, 3.05) is 13.2 Å². The summed E-state index contributed by atoms with van der Waals surface area (Å²) in [6.07, 6.45) is 0. The van der Waals surface area contributed by atoms with Gasteiger partial charge < -0.3 is 14.5 Å². The molecule has 1 aromatic heterocycles. The van der Waals surface area contributed by atoms with Crippen molar-refractivity contribution < 1.29 is 18.7 Å². The highest BCUT2D eigenvalue weighted by atomic mass is 16.5. The van der Waals surface area contributed by atoms with Gasteiger partial charge in [-0.2, -0.15) is 0 Å². The summed E-state index contributed by atoms with van der Waals surface area (Å²) < 4.78 is 11.5. The molecule has 27 heavy (non-hydrogen) atoms. The van der Waals surface area contributed by atoms with Gasteiger partial charge in [-0.05, 0) is 38.1 Å². The van der Waals surface area contributed by atoms with E-state index in [1.807, 2.05) is 55.5 Å². The van der Waals surface area contributed by atoms with Crippen LogP contribution in [0.15, 0.2) is 59.0 Å². The molecule has 1 N–H and O–H groups in total. The zero-order valence-electron chi connectivity index (χ0n) is 15.2. The number of benzene rings is 2. The maximum Gasteiger partial charge on any atom is 0.325 e. The Morgan fingerprint density at radius 2 is 1.85 bits per heavy atom. The summed E-state index contributed by atoms with van der Waals surface area (Å²) in [6, 6.07) is 16.4. The van der Waals surface area contributed by atoms with E-state index in [0.29, 0.717) is 17.1 Å². The number of nitrogens with one attached hydrogen (secondary N) is 1. The molecule has 2 aromatic carbocycles.